The van der Waals surface area contributed by atoms with Crippen LogP contribution in [-0.4, -0.2) is 12.6 Å². The minimum Gasteiger partial charge on any atom is -0.314 e. The average molecular weight is 171 g/mol. The van der Waals surface area contributed by atoms with Crippen LogP contribution in [0.1, 0.15) is 53.9 Å². The van der Waals surface area contributed by atoms with Crippen molar-refractivity contribution in [2.45, 2.75) is 59.9 Å². The molecule has 0 fully saturated rings. The van der Waals surface area contributed by atoms with Gasteiger partial charge in [0.1, 0.15) is 0 Å². The highest BCUT2D eigenvalue weighted by molar-refractivity contribution is 4.68. The van der Waals surface area contributed by atoms with E-state index in [-0.39, 0.29) is 0 Å². The third-order valence-corrected chi connectivity index (χ3v) is 1.97. The summed E-state index contributed by atoms with van der Waals surface area (Å²) in [4.78, 5) is 0. The van der Waals surface area contributed by atoms with Crippen LogP contribution in [0, 0.1) is 5.41 Å². The van der Waals surface area contributed by atoms with Crippen molar-refractivity contribution in [1.29, 1.82) is 0 Å². The van der Waals surface area contributed by atoms with E-state index in [0.717, 1.165) is 6.54 Å². The lowest BCUT2D eigenvalue weighted by atomic mass is 9.96. The molecule has 0 saturated heterocycles. The van der Waals surface area contributed by atoms with Crippen LogP contribution in [0.5, 0.6) is 0 Å². The molecule has 1 nitrogen and oxygen atoms in total. The van der Waals surface area contributed by atoms with E-state index < -0.39 is 0 Å². The Labute approximate surface area is 77.9 Å². The third-order valence-electron chi connectivity index (χ3n) is 1.97. The number of hydrogen-bond donors (Lipinski definition) is 1. The Hall–Kier alpha value is -0.0400. The van der Waals surface area contributed by atoms with Crippen LogP contribution in [0.3, 0.4) is 0 Å². The monoisotopic (exact) mass is 171 g/mol. The van der Waals surface area contributed by atoms with Gasteiger partial charge in [0.25, 0.3) is 0 Å². The first-order chi connectivity index (χ1) is 5.45. The van der Waals surface area contributed by atoms with Gasteiger partial charge < -0.3 is 5.32 Å². The maximum atomic E-state index is 3.56. The molecular weight excluding hydrogens is 146 g/mol. The van der Waals surface area contributed by atoms with E-state index in [0.29, 0.717) is 11.5 Å². The molecule has 0 aromatic carbocycles. The number of unbranched alkanes of at least 4 members (excludes halogenated alkanes) is 1. The molecule has 0 spiro atoms. The van der Waals surface area contributed by atoms with Gasteiger partial charge in [0, 0.05) is 12.6 Å². The number of rotatable bonds is 5. The highest BCUT2D eigenvalue weighted by Gasteiger charge is 2.10. The van der Waals surface area contributed by atoms with Crippen LogP contribution < -0.4 is 5.32 Å². The topological polar surface area (TPSA) is 12.0 Å². The van der Waals surface area contributed by atoms with Gasteiger partial charge in [0.15, 0.2) is 0 Å². The van der Waals surface area contributed by atoms with Gasteiger partial charge in [-0.1, -0.05) is 40.5 Å². The molecule has 0 rings (SSSR count). The molecule has 1 N–H and O–H groups in total. The van der Waals surface area contributed by atoms with Gasteiger partial charge in [0.05, 0.1) is 0 Å². The molecule has 0 aromatic rings. The Balaban J connectivity index is 3.37. The van der Waals surface area contributed by atoms with Gasteiger partial charge in [0.2, 0.25) is 0 Å². The summed E-state index contributed by atoms with van der Waals surface area (Å²) in [5.41, 5.74) is 0.417. The van der Waals surface area contributed by atoms with E-state index in [1.54, 1.807) is 0 Å². The van der Waals surface area contributed by atoms with Crippen molar-refractivity contribution in [2.75, 3.05) is 6.54 Å². The Morgan fingerprint density at radius 1 is 1.25 bits per heavy atom. The summed E-state index contributed by atoms with van der Waals surface area (Å²) in [6.45, 7) is 12.5. The molecule has 0 radical (unpaired) electrons. The van der Waals surface area contributed by atoms with Crippen molar-refractivity contribution < 1.29 is 0 Å². The molecule has 0 aliphatic rings. The second kappa shape index (κ2) is 5.58. The molecular formula is C11H25N. The Morgan fingerprint density at radius 3 is 2.25 bits per heavy atom. The molecule has 0 bridgehead atoms. The smallest absolute Gasteiger partial charge is 0.00389 e. The van der Waals surface area contributed by atoms with Gasteiger partial charge in [-0.25, -0.2) is 0 Å². The molecule has 0 aromatic heterocycles. The van der Waals surface area contributed by atoms with Crippen LogP contribution >= 0.6 is 0 Å². The molecule has 12 heavy (non-hydrogen) atoms. The zero-order valence-corrected chi connectivity index (χ0v) is 9.41. The van der Waals surface area contributed by atoms with Crippen LogP contribution in [0.15, 0.2) is 0 Å². The molecule has 0 amide bonds. The summed E-state index contributed by atoms with van der Waals surface area (Å²) in [6, 6.07) is 0.684. The number of hydrogen-bond acceptors (Lipinski definition) is 1. The van der Waals surface area contributed by atoms with Crippen molar-refractivity contribution in [1.82, 2.24) is 5.32 Å². The zero-order chi connectivity index (χ0) is 9.61. The summed E-state index contributed by atoms with van der Waals surface area (Å²) in [7, 11) is 0. The first-order valence-corrected chi connectivity index (χ1v) is 5.19. The van der Waals surface area contributed by atoms with Crippen molar-refractivity contribution in [3.63, 3.8) is 0 Å². The minimum absolute atomic E-state index is 0.417. The molecule has 0 heterocycles. The second-order valence-electron chi connectivity index (χ2n) is 4.98. The van der Waals surface area contributed by atoms with Crippen molar-refractivity contribution in [3.8, 4) is 0 Å². The summed E-state index contributed by atoms with van der Waals surface area (Å²) in [5, 5.41) is 3.56. The zero-order valence-electron chi connectivity index (χ0n) is 9.41. The highest BCUT2D eigenvalue weighted by atomic mass is 14.9. The molecule has 1 heteroatoms. The van der Waals surface area contributed by atoms with Gasteiger partial charge in [-0.15, -0.1) is 0 Å². The summed E-state index contributed by atoms with van der Waals surface area (Å²) < 4.78 is 0. The average Bonchev–Trinajstić information content (AvgIpc) is 1.95. The summed E-state index contributed by atoms with van der Waals surface area (Å²) in [5.74, 6) is 0. The Kier molecular flexibility index (Phi) is 5.56. The Bertz CT molecular complexity index is 102. The summed E-state index contributed by atoms with van der Waals surface area (Å²) in [6.07, 6.45) is 3.96. The van der Waals surface area contributed by atoms with Crippen LogP contribution in [0.2, 0.25) is 0 Å². The number of nitrogens with one attached hydrogen (secondary N) is 1. The third kappa shape index (κ3) is 8.06. The van der Waals surface area contributed by atoms with Gasteiger partial charge in [-0.05, 0) is 18.8 Å². The van der Waals surface area contributed by atoms with Crippen molar-refractivity contribution in [2.24, 2.45) is 5.41 Å². The first kappa shape index (κ1) is 12.0. The second-order valence-corrected chi connectivity index (χ2v) is 4.98. The Morgan fingerprint density at radius 2 is 1.83 bits per heavy atom. The molecule has 1 atom stereocenters. The predicted octanol–water partition coefficient (Wildman–Crippen LogP) is 3.20. The van der Waals surface area contributed by atoms with Crippen LogP contribution in [0.25, 0.3) is 0 Å². The lowest BCUT2D eigenvalue weighted by Gasteiger charge is -2.22. The van der Waals surface area contributed by atoms with Gasteiger partial charge >= 0.3 is 0 Å². The summed E-state index contributed by atoms with van der Waals surface area (Å²) >= 11 is 0. The lowest BCUT2D eigenvalue weighted by molar-refractivity contribution is 0.348. The molecule has 0 saturated carbocycles. The standard InChI is InChI=1S/C11H25N/c1-6-7-8-10(2)12-9-11(3,4)5/h10,12H,6-9H2,1-5H3. The van der Waals surface area contributed by atoms with Crippen molar-refractivity contribution >= 4 is 0 Å². The van der Waals surface area contributed by atoms with Gasteiger partial charge in [-0.3, -0.25) is 0 Å². The largest absolute Gasteiger partial charge is 0.314 e. The fourth-order valence-electron chi connectivity index (χ4n) is 1.09. The SMILES string of the molecule is CCCCC(C)NCC(C)(C)C. The molecule has 74 valence electrons. The molecule has 0 aliphatic heterocycles. The first-order valence-electron chi connectivity index (χ1n) is 5.19. The maximum absolute atomic E-state index is 3.56. The van der Waals surface area contributed by atoms with E-state index >= 15 is 0 Å². The van der Waals surface area contributed by atoms with E-state index in [2.05, 4.69) is 39.9 Å². The van der Waals surface area contributed by atoms with E-state index in [1.165, 1.54) is 19.3 Å². The normalized spacial score (nSPS) is 14.8. The van der Waals surface area contributed by atoms with Gasteiger partial charge in [-0.2, -0.15) is 0 Å². The van der Waals surface area contributed by atoms with Crippen LogP contribution in [-0.2, 0) is 0 Å². The van der Waals surface area contributed by atoms with Crippen LogP contribution in [0.4, 0.5) is 0 Å². The fourth-order valence-corrected chi connectivity index (χ4v) is 1.09. The highest BCUT2D eigenvalue weighted by Crippen LogP contribution is 2.11. The van der Waals surface area contributed by atoms with E-state index in [1.807, 2.05) is 0 Å². The van der Waals surface area contributed by atoms with Crippen molar-refractivity contribution in [3.05, 3.63) is 0 Å². The maximum Gasteiger partial charge on any atom is 0.00389 e. The predicted molar refractivity (Wildman–Crippen MR) is 56.4 cm³/mol. The van der Waals surface area contributed by atoms with E-state index in [4.69, 9.17) is 0 Å². The minimum atomic E-state index is 0.417. The fraction of sp³-hybridized carbons (Fsp3) is 1.00. The lowest BCUT2D eigenvalue weighted by Crippen LogP contribution is -2.33. The molecule has 1 unspecified atom stereocenters. The molecule has 0 aliphatic carbocycles. The quantitative estimate of drug-likeness (QED) is 0.670. The van der Waals surface area contributed by atoms with E-state index in [9.17, 15) is 0 Å².